The van der Waals surface area contributed by atoms with Crippen LogP contribution >= 0.6 is 33.8 Å². The standard InChI is InChI=1S/C61H51N5O7S3/c1-5-65(6-2)39-18-27-48-53(32-39)72-54-33-40(66(7-3)8-4)19-28-49(54)57(48)45-11-9-10-12-47(45)59(69)62-36-13-22-43(23-14-36)75-76-44-24-15-37(16-25-44)63-61(74)64-38-17-26-46(52(31-38)60(70)71)58-50-29-20-41(67)34-55(50)73-56-35-42(68)21-30-51(56)58/h9-35H,5-8H2,1-4H3,(H4-,62,63,64,67,68,69,70,71,74)/p+1. The van der Waals surface area contributed by atoms with E-state index in [1.165, 1.54) is 30.3 Å². The number of amides is 1. The molecule has 6 aromatic rings. The number of carbonyl (C=O) groups is 2. The van der Waals surface area contributed by atoms with Gasteiger partial charge in [-0.15, -0.1) is 0 Å². The molecule has 2 aliphatic heterocycles. The number of nitrogens with one attached hydrogen (secondary N) is 3. The first-order valence-corrected chi connectivity index (χ1v) is 27.4. The zero-order valence-corrected chi connectivity index (χ0v) is 44.4. The fraction of sp³-hybridized carbons (Fsp3) is 0.131. The SMILES string of the molecule is CCN(CC)c1ccc2c(-c3ccccc3C(=O)Nc3ccc(SSc4ccc(NC(=S)Nc5ccc(-c6c7ccc(=O)cc-7oc7cc(O)ccc67)c(C(=O)O)c5)cc4)cc3)c3ccc(=[N+](CC)CC)cc-3oc2c1. The first kappa shape index (κ1) is 51.1. The Morgan fingerprint density at radius 1 is 0.579 bits per heavy atom. The molecule has 0 fully saturated rings. The summed E-state index contributed by atoms with van der Waals surface area (Å²) >= 11 is 5.64. The number of thiocarbonyl (C=S) groups is 1. The van der Waals surface area contributed by atoms with E-state index in [0.29, 0.717) is 44.6 Å². The second-order valence-electron chi connectivity index (χ2n) is 17.9. The zero-order chi connectivity index (χ0) is 53.0. The van der Waals surface area contributed by atoms with Gasteiger partial charge in [-0.05, 0) is 160 Å². The molecule has 380 valence electrons. The molecule has 2 aliphatic carbocycles. The third-order valence-electron chi connectivity index (χ3n) is 13.3. The lowest BCUT2D eigenvalue weighted by Crippen LogP contribution is -2.29. The Morgan fingerprint density at radius 3 is 1.78 bits per heavy atom. The molecule has 0 aromatic heterocycles. The summed E-state index contributed by atoms with van der Waals surface area (Å²) in [5.74, 6) is -0.393. The van der Waals surface area contributed by atoms with E-state index in [4.69, 9.17) is 21.1 Å². The number of fused-ring (bicyclic) bond motifs is 4. The van der Waals surface area contributed by atoms with E-state index in [9.17, 15) is 24.6 Å². The second-order valence-corrected chi connectivity index (χ2v) is 20.5. The Bertz CT molecular complexity index is 3920. The summed E-state index contributed by atoms with van der Waals surface area (Å²) in [5.41, 5.74) is 8.46. The molecule has 1 amide bonds. The highest BCUT2D eigenvalue weighted by Crippen LogP contribution is 2.45. The third-order valence-corrected chi connectivity index (χ3v) is 15.9. The Morgan fingerprint density at radius 2 is 1.13 bits per heavy atom. The Hall–Kier alpha value is -8.37. The van der Waals surface area contributed by atoms with Gasteiger partial charge in [-0.2, -0.15) is 0 Å². The molecule has 0 spiro atoms. The molecule has 76 heavy (non-hydrogen) atoms. The molecule has 0 saturated heterocycles. The number of nitrogens with zero attached hydrogens (tertiary/aromatic N) is 2. The van der Waals surface area contributed by atoms with Crippen LogP contribution < -0.4 is 36.2 Å². The number of aromatic hydroxyl groups is 1. The van der Waals surface area contributed by atoms with E-state index in [0.717, 1.165) is 86.1 Å². The number of carbonyl (C=O) groups excluding carboxylic acids is 1. The van der Waals surface area contributed by atoms with E-state index in [1.54, 1.807) is 45.9 Å². The lowest BCUT2D eigenvalue weighted by Gasteiger charge is -2.22. The van der Waals surface area contributed by atoms with Crippen molar-refractivity contribution in [3.05, 3.63) is 190 Å². The number of anilines is 4. The predicted octanol–water partition coefficient (Wildman–Crippen LogP) is 14.0. The smallest absolute Gasteiger partial charge is 0.336 e. The summed E-state index contributed by atoms with van der Waals surface area (Å²) in [4.78, 5) is 43.6. The highest BCUT2D eigenvalue weighted by molar-refractivity contribution is 8.76. The average Bonchev–Trinajstić information content (AvgIpc) is 3.42. The number of carboxylic acid groups (broad SMARTS) is 1. The van der Waals surface area contributed by atoms with Crippen LogP contribution in [-0.4, -0.2) is 53.4 Å². The number of carboxylic acids is 1. The van der Waals surface area contributed by atoms with Crippen LogP contribution in [0.1, 0.15) is 48.4 Å². The second kappa shape index (κ2) is 22.2. The van der Waals surface area contributed by atoms with Crippen molar-refractivity contribution < 1.29 is 28.6 Å². The molecule has 15 heteroatoms. The van der Waals surface area contributed by atoms with Gasteiger partial charge in [0.05, 0.1) is 11.6 Å². The third kappa shape index (κ3) is 10.6. The lowest BCUT2D eigenvalue weighted by molar-refractivity contribution is 0.0697. The summed E-state index contributed by atoms with van der Waals surface area (Å²) in [6, 6.07) is 49.9. The lowest BCUT2D eigenvalue weighted by atomic mass is 9.90. The van der Waals surface area contributed by atoms with Gasteiger partial charge in [-0.1, -0.05) is 45.9 Å². The minimum absolute atomic E-state index is 0.00184. The van der Waals surface area contributed by atoms with Gasteiger partial charge in [-0.3, -0.25) is 9.59 Å². The number of aromatic carboxylic acids is 1. The summed E-state index contributed by atoms with van der Waals surface area (Å²) < 4.78 is 15.0. The van der Waals surface area contributed by atoms with E-state index in [-0.39, 0.29) is 33.5 Å². The van der Waals surface area contributed by atoms with Gasteiger partial charge in [0.25, 0.3) is 5.91 Å². The van der Waals surface area contributed by atoms with E-state index >= 15 is 0 Å². The molecular weight excluding hydrogens is 1010 g/mol. The van der Waals surface area contributed by atoms with E-state index in [1.807, 2.05) is 72.8 Å². The van der Waals surface area contributed by atoms with Gasteiger partial charge in [-0.25, -0.2) is 9.37 Å². The van der Waals surface area contributed by atoms with Crippen LogP contribution in [0, 0.1) is 0 Å². The average molecular weight is 1060 g/mol. The molecule has 0 radical (unpaired) electrons. The van der Waals surface area contributed by atoms with Crippen LogP contribution in [0.3, 0.4) is 0 Å². The first-order chi connectivity index (χ1) is 36.9. The number of rotatable bonds is 15. The number of phenolic OH excluding ortho intramolecular Hbond substituents is 1. The Balaban J connectivity index is 0.804. The number of benzene rings is 8. The summed E-state index contributed by atoms with van der Waals surface area (Å²) in [6.07, 6.45) is 0. The van der Waals surface area contributed by atoms with Crippen LogP contribution in [0.5, 0.6) is 5.75 Å². The molecule has 2 heterocycles. The first-order valence-electron chi connectivity index (χ1n) is 24.9. The molecule has 0 unspecified atom stereocenters. The van der Waals surface area contributed by atoms with Crippen LogP contribution in [-0.2, 0) is 0 Å². The molecule has 0 atom stereocenters. The fourth-order valence-corrected chi connectivity index (χ4v) is 11.7. The van der Waals surface area contributed by atoms with Crippen LogP contribution in [0.15, 0.2) is 187 Å². The minimum atomic E-state index is -1.16. The number of hydrogen-bond donors (Lipinski definition) is 5. The monoisotopic (exact) mass is 1060 g/mol. The van der Waals surface area contributed by atoms with Gasteiger partial charge < -0.3 is 39.9 Å². The highest BCUT2D eigenvalue weighted by atomic mass is 33.1. The normalized spacial score (nSPS) is 11.3. The predicted molar refractivity (Wildman–Crippen MR) is 314 cm³/mol. The molecule has 10 rings (SSSR count). The van der Waals surface area contributed by atoms with Crippen molar-refractivity contribution >= 4 is 95.5 Å². The van der Waals surface area contributed by atoms with Crippen molar-refractivity contribution in [2.45, 2.75) is 37.5 Å². The number of hydrogen-bond acceptors (Lipinski definition) is 10. The molecule has 0 bridgehead atoms. The van der Waals surface area contributed by atoms with E-state index < -0.39 is 5.97 Å². The molecule has 0 saturated carbocycles. The van der Waals surface area contributed by atoms with Crippen molar-refractivity contribution in [2.75, 3.05) is 47.0 Å². The fourth-order valence-electron chi connectivity index (χ4n) is 9.57. The van der Waals surface area contributed by atoms with Crippen molar-refractivity contribution in [3.63, 3.8) is 0 Å². The maximum Gasteiger partial charge on any atom is 0.336 e. The van der Waals surface area contributed by atoms with Crippen molar-refractivity contribution in [3.8, 4) is 50.7 Å². The molecular formula is C61H52N5O7S3+. The van der Waals surface area contributed by atoms with Gasteiger partial charge in [0.1, 0.15) is 41.5 Å². The van der Waals surface area contributed by atoms with Crippen LogP contribution in [0.25, 0.3) is 66.8 Å². The van der Waals surface area contributed by atoms with Crippen molar-refractivity contribution in [1.82, 2.24) is 4.58 Å². The molecule has 12 nitrogen and oxygen atoms in total. The Kier molecular flexibility index (Phi) is 15.0. The van der Waals surface area contributed by atoms with Crippen molar-refractivity contribution in [2.24, 2.45) is 0 Å². The maximum atomic E-state index is 14.3. The van der Waals surface area contributed by atoms with Gasteiger partial charge in [0, 0.05) is 108 Å². The topological polar surface area (TPSA) is 160 Å². The maximum absolute atomic E-state index is 14.3. The molecule has 6 aromatic carbocycles. The van der Waals surface area contributed by atoms with Crippen LogP contribution in [0.4, 0.5) is 22.7 Å². The van der Waals surface area contributed by atoms with Gasteiger partial charge >= 0.3 is 5.97 Å². The zero-order valence-electron chi connectivity index (χ0n) is 42.0. The summed E-state index contributed by atoms with van der Waals surface area (Å²) in [6.45, 7) is 12.1. The van der Waals surface area contributed by atoms with E-state index in [2.05, 4.69) is 89.5 Å². The summed E-state index contributed by atoms with van der Waals surface area (Å²) in [5, 5.41) is 32.8. The Labute approximate surface area is 451 Å². The van der Waals surface area contributed by atoms with Crippen molar-refractivity contribution in [1.29, 1.82) is 0 Å². The minimum Gasteiger partial charge on any atom is -0.508 e. The molecule has 5 N–H and O–H groups in total. The summed E-state index contributed by atoms with van der Waals surface area (Å²) in [7, 11) is 3.18. The largest absolute Gasteiger partial charge is 0.508 e. The van der Waals surface area contributed by atoms with Crippen LogP contribution in [0.2, 0.25) is 0 Å². The number of phenols is 1. The van der Waals surface area contributed by atoms with Gasteiger partial charge in [0.2, 0.25) is 5.36 Å². The molecule has 4 aliphatic rings. The highest BCUT2D eigenvalue weighted by Gasteiger charge is 2.25. The quantitative estimate of drug-likeness (QED) is 0.0286. The van der Waals surface area contributed by atoms with Gasteiger partial charge in [0.15, 0.2) is 10.5 Å².